The van der Waals surface area contributed by atoms with Crippen LogP contribution < -0.4 is 14.4 Å². The number of halogens is 2. The van der Waals surface area contributed by atoms with Crippen LogP contribution in [0, 0.1) is 0 Å². The molecule has 1 aliphatic rings. The minimum Gasteiger partial charge on any atom is -0.486 e. The molecule has 232 valence electrons. The molecule has 0 bridgehead atoms. The van der Waals surface area contributed by atoms with Gasteiger partial charge in [-0.2, -0.15) is 4.98 Å². The van der Waals surface area contributed by atoms with Crippen molar-refractivity contribution < 1.29 is 23.8 Å². The van der Waals surface area contributed by atoms with Gasteiger partial charge in [-0.25, -0.2) is 0 Å². The summed E-state index contributed by atoms with van der Waals surface area (Å²) in [6.45, 7) is 4.24. The van der Waals surface area contributed by atoms with E-state index < -0.39 is 0 Å². The maximum absolute atomic E-state index is 13.0. The fraction of sp³-hybridized carbons (Fsp3) is 0.375. The number of methoxy groups -OCH3 is 1. The second-order valence-electron chi connectivity index (χ2n) is 10.5. The van der Waals surface area contributed by atoms with Crippen molar-refractivity contribution in [2.75, 3.05) is 51.9 Å². The van der Waals surface area contributed by atoms with Crippen LogP contribution in [0.3, 0.4) is 0 Å². The number of benzene rings is 2. The summed E-state index contributed by atoms with van der Waals surface area (Å²) >= 11 is 13.3. The molecular formula is C32H35Cl2N5O5. The number of imidazole rings is 1. The average Bonchev–Trinajstić information content (AvgIpc) is 3.41. The fourth-order valence-corrected chi connectivity index (χ4v) is 5.69. The van der Waals surface area contributed by atoms with Crippen molar-refractivity contribution in [1.82, 2.24) is 19.4 Å². The van der Waals surface area contributed by atoms with Crippen molar-refractivity contribution in [1.29, 1.82) is 0 Å². The number of Topliss-reactive ketones (excluding diaryl/α,β-unsaturated/α-hetero) is 1. The highest BCUT2D eigenvalue weighted by Crippen LogP contribution is 2.36. The van der Waals surface area contributed by atoms with Crippen LogP contribution in [-0.2, 0) is 27.5 Å². The predicted molar refractivity (Wildman–Crippen MR) is 170 cm³/mol. The highest BCUT2D eigenvalue weighted by atomic mass is 35.5. The first kappa shape index (κ1) is 31.7. The summed E-state index contributed by atoms with van der Waals surface area (Å²) < 4.78 is 19.0. The molecule has 0 atom stereocenters. The molecule has 0 saturated carbocycles. The van der Waals surface area contributed by atoms with Crippen LogP contribution in [0.4, 0.5) is 5.69 Å². The SMILES string of the molecule is COc1nc2c(OCc3c(Cl)ccc(N(C)C(=O)CCC(=O)CCN4CCOCC4)c3Cl)cccc2n1Cc1ccccn1. The molecule has 2 aromatic carbocycles. The lowest BCUT2D eigenvalue weighted by atomic mass is 10.1. The molecule has 0 aliphatic carbocycles. The molecule has 3 heterocycles. The number of carbonyl (C=O) groups is 2. The van der Waals surface area contributed by atoms with Crippen molar-refractivity contribution >= 4 is 51.6 Å². The maximum atomic E-state index is 13.0. The Bertz CT molecular complexity index is 1610. The molecule has 4 aromatic rings. The van der Waals surface area contributed by atoms with Gasteiger partial charge in [0.05, 0.1) is 48.8 Å². The quantitative estimate of drug-likeness (QED) is 0.192. The van der Waals surface area contributed by atoms with Gasteiger partial charge in [0.2, 0.25) is 5.91 Å². The molecule has 1 saturated heterocycles. The van der Waals surface area contributed by atoms with Gasteiger partial charge in [-0.15, -0.1) is 0 Å². The van der Waals surface area contributed by atoms with Gasteiger partial charge < -0.3 is 19.1 Å². The number of fused-ring (bicyclic) bond motifs is 1. The van der Waals surface area contributed by atoms with Crippen LogP contribution in [-0.4, -0.2) is 78.1 Å². The van der Waals surface area contributed by atoms with E-state index >= 15 is 0 Å². The standard InChI is InChI=1S/C32H35Cl2N5O5/c1-37(29(41)12-9-23(40)13-15-38-16-18-43-19-17-38)26-11-10-25(33)24(30(26)34)21-44-28-8-5-7-27-31(28)36-32(42-2)39(27)20-22-6-3-4-14-35-22/h3-8,10-11,14H,9,12-13,15-21H2,1-2H3. The summed E-state index contributed by atoms with van der Waals surface area (Å²) in [4.78, 5) is 38.2. The van der Waals surface area contributed by atoms with E-state index in [0.717, 1.165) is 24.3 Å². The highest BCUT2D eigenvalue weighted by molar-refractivity contribution is 6.38. The van der Waals surface area contributed by atoms with Crippen molar-refractivity contribution in [2.45, 2.75) is 32.4 Å². The minimum atomic E-state index is -0.212. The molecule has 0 N–H and O–H groups in total. The van der Waals surface area contributed by atoms with Crippen LogP contribution in [0.1, 0.15) is 30.5 Å². The Labute approximate surface area is 266 Å². The highest BCUT2D eigenvalue weighted by Gasteiger charge is 2.21. The third kappa shape index (κ3) is 7.50. The van der Waals surface area contributed by atoms with Crippen LogP contribution in [0.5, 0.6) is 11.8 Å². The molecule has 5 rings (SSSR count). The summed E-state index contributed by atoms with van der Waals surface area (Å²) in [5.74, 6) is 0.372. The van der Waals surface area contributed by atoms with E-state index in [1.54, 1.807) is 32.5 Å². The number of hydrogen-bond acceptors (Lipinski definition) is 8. The summed E-state index contributed by atoms with van der Waals surface area (Å²) in [6, 6.07) is 15.2. The van der Waals surface area contributed by atoms with Crippen LogP contribution in [0.25, 0.3) is 11.0 Å². The van der Waals surface area contributed by atoms with E-state index in [1.165, 1.54) is 4.90 Å². The average molecular weight is 641 g/mol. The number of para-hydroxylation sites is 1. The smallest absolute Gasteiger partial charge is 0.297 e. The number of aromatic nitrogens is 3. The number of amides is 1. The zero-order valence-corrected chi connectivity index (χ0v) is 26.3. The number of ether oxygens (including phenoxy) is 3. The van der Waals surface area contributed by atoms with Crippen molar-refractivity contribution in [3.8, 4) is 11.8 Å². The number of pyridine rings is 1. The summed E-state index contributed by atoms with van der Waals surface area (Å²) in [7, 11) is 3.21. The first-order chi connectivity index (χ1) is 21.4. The summed E-state index contributed by atoms with van der Waals surface area (Å²) in [5, 5.41) is 0.709. The zero-order valence-electron chi connectivity index (χ0n) is 24.8. The number of rotatable bonds is 13. The summed E-state index contributed by atoms with van der Waals surface area (Å²) in [5.41, 5.74) is 3.32. The monoisotopic (exact) mass is 639 g/mol. The number of carbonyl (C=O) groups excluding carboxylic acids is 2. The van der Waals surface area contributed by atoms with Crippen molar-refractivity contribution in [2.24, 2.45) is 0 Å². The number of nitrogens with zero attached hydrogens (tertiary/aromatic N) is 5. The second-order valence-corrected chi connectivity index (χ2v) is 11.3. The van der Waals surface area contributed by atoms with E-state index in [0.29, 0.717) is 71.3 Å². The van der Waals surface area contributed by atoms with Gasteiger partial charge in [0.1, 0.15) is 23.7 Å². The Hall–Kier alpha value is -3.70. The molecule has 0 spiro atoms. The first-order valence-electron chi connectivity index (χ1n) is 14.5. The maximum Gasteiger partial charge on any atom is 0.297 e. The number of anilines is 1. The lowest BCUT2D eigenvalue weighted by molar-refractivity contribution is -0.124. The second kappa shape index (κ2) is 14.9. The van der Waals surface area contributed by atoms with E-state index in [4.69, 9.17) is 37.4 Å². The first-order valence-corrected chi connectivity index (χ1v) is 15.2. The van der Waals surface area contributed by atoms with Crippen LogP contribution in [0.2, 0.25) is 10.0 Å². The molecule has 2 aromatic heterocycles. The van der Waals surface area contributed by atoms with Crippen molar-refractivity contribution in [3.63, 3.8) is 0 Å². The Kier molecular flexibility index (Phi) is 10.7. The topological polar surface area (TPSA) is 99.0 Å². The van der Waals surface area contributed by atoms with Gasteiger partial charge >= 0.3 is 0 Å². The molecule has 12 heteroatoms. The van der Waals surface area contributed by atoms with E-state index in [1.807, 2.05) is 41.0 Å². The lowest BCUT2D eigenvalue weighted by Crippen LogP contribution is -2.37. The zero-order chi connectivity index (χ0) is 31.1. The molecule has 1 aliphatic heterocycles. The number of morpholine rings is 1. The Morgan fingerprint density at radius 3 is 2.59 bits per heavy atom. The molecule has 1 amide bonds. The van der Waals surface area contributed by atoms with Gasteiger partial charge in [0, 0.05) is 62.7 Å². The molecule has 1 fully saturated rings. The molecule has 0 unspecified atom stereocenters. The van der Waals surface area contributed by atoms with E-state index in [2.05, 4.69) is 14.9 Å². The van der Waals surface area contributed by atoms with Gasteiger partial charge in [-0.05, 0) is 36.4 Å². The predicted octanol–water partition coefficient (Wildman–Crippen LogP) is 5.41. The molecular weight excluding hydrogens is 605 g/mol. The number of hydrogen-bond donors (Lipinski definition) is 0. The minimum absolute atomic E-state index is 0.0437. The lowest BCUT2D eigenvalue weighted by Gasteiger charge is -2.26. The third-order valence-corrected chi connectivity index (χ3v) is 8.41. The number of ketones is 1. The third-order valence-electron chi connectivity index (χ3n) is 7.64. The van der Waals surface area contributed by atoms with Crippen LogP contribution in [0.15, 0.2) is 54.7 Å². The Morgan fingerprint density at radius 1 is 1.02 bits per heavy atom. The van der Waals surface area contributed by atoms with Crippen molar-refractivity contribution in [3.05, 3.63) is 76.0 Å². The molecule has 0 radical (unpaired) electrons. The fourth-order valence-electron chi connectivity index (χ4n) is 5.09. The Balaban J connectivity index is 1.25. The normalized spacial score (nSPS) is 13.6. The van der Waals surface area contributed by atoms with E-state index in [9.17, 15) is 9.59 Å². The van der Waals surface area contributed by atoms with Crippen LogP contribution >= 0.6 is 23.2 Å². The van der Waals surface area contributed by atoms with Gasteiger partial charge in [0.25, 0.3) is 6.01 Å². The van der Waals surface area contributed by atoms with Gasteiger partial charge in [0.15, 0.2) is 0 Å². The van der Waals surface area contributed by atoms with E-state index in [-0.39, 0.29) is 31.1 Å². The van der Waals surface area contributed by atoms with Gasteiger partial charge in [-0.3, -0.25) is 24.0 Å². The largest absolute Gasteiger partial charge is 0.486 e. The Morgan fingerprint density at radius 2 is 1.84 bits per heavy atom. The molecule has 10 nitrogen and oxygen atoms in total. The van der Waals surface area contributed by atoms with Gasteiger partial charge in [-0.1, -0.05) is 35.3 Å². The molecule has 44 heavy (non-hydrogen) atoms. The summed E-state index contributed by atoms with van der Waals surface area (Å²) in [6.07, 6.45) is 2.43.